The van der Waals surface area contributed by atoms with Crippen molar-refractivity contribution in [3.05, 3.63) is 5.01 Å². The molecule has 0 spiro atoms. The smallest absolute Gasteiger partial charge is 0.240 e. The largest absolute Gasteiger partial charge is 0.308 e. The predicted octanol–water partition coefficient (Wildman–Crippen LogP) is 0.785. The molecule has 0 bridgehead atoms. The van der Waals surface area contributed by atoms with E-state index in [9.17, 15) is 4.79 Å². The van der Waals surface area contributed by atoms with Gasteiger partial charge in [-0.3, -0.25) is 10.1 Å². The Bertz CT molecular complexity index is 299. The Morgan fingerprint density at radius 3 is 2.86 bits per heavy atom. The standard InChI is InChI=1S/C8H14N4OS/c1-3-4-9-5-7(13)10-8-12-11-6(2)14-8/h9H,3-5H2,1-2H3,(H,10,12,13). The van der Waals surface area contributed by atoms with Gasteiger partial charge >= 0.3 is 0 Å². The van der Waals surface area contributed by atoms with Gasteiger partial charge in [0.15, 0.2) is 0 Å². The molecule has 14 heavy (non-hydrogen) atoms. The SMILES string of the molecule is CCCNCC(=O)Nc1nnc(C)s1. The molecule has 1 amide bonds. The fraction of sp³-hybridized carbons (Fsp3) is 0.625. The predicted molar refractivity (Wildman–Crippen MR) is 56.4 cm³/mol. The summed E-state index contributed by atoms with van der Waals surface area (Å²) in [7, 11) is 0. The molecule has 0 aliphatic heterocycles. The molecule has 0 aromatic carbocycles. The van der Waals surface area contributed by atoms with Gasteiger partial charge in [-0.2, -0.15) is 0 Å². The molecule has 1 aromatic heterocycles. The molecule has 6 heteroatoms. The fourth-order valence-corrected chi connectivity index (χ4v) is 1.50. The molecule has 78 valence electrons. The second kappa shape index (κ2) is 5.66. The molecule has 0 atom stereocenters. The van der Waals surface area contributed by atoms with Gasteiger partial charge in [-0.05, 0) is 19.9 Å². The van der Waals surface area contributed by atoms with Crippen molar-refractivity contribution in [3.63, 3.8) is 0 Å². The van der Waals surface area contributed by atoms with Crippen molar-refractivity contribution in [3.8, 4) is 0 Å². The Balaban J connectivity index is 2.27. The molecular formula is C8H14N4OS. The molecule has 1 rings (SSSR count). The van der Waals surface area contributed by atoms with E-state index in [-0.39, 0.29) is 5.91 Å². The summed E-state index contributed by atoms with van der Waals surface area (Å²) in [6, 6.07) is 0. The summed E-state index contributed by atoms with van der Waals surface area (Å²) >= 11 is 1.37. The van der Waals surface area contributed by atoms with Crippen LogP contribution in [0.5, 0.6) is 0 Å². The lowest BCUT2D eigenvalue weighted by atomic mass is 10.4. The maximum atomic E-state index is 11.3. The molecule has 0 saturated heterocycles. The normalized spacial score (nSPS) is 10.1. The van der Waals surface area contributed by atoms with Crippen molar-refractivity contribution in [1.82, 2.24) is 15.5 Å². The molecule has 5 nitrogen and oxygen atoms in total. The van der Waals surface area contributed by atoms with Crippen LogP contribution in [0.1, 0.15) is 18.4 Å². The molecular weight excluding hydrogens is 200 g/mol. The lowest BCUT2D eigenvalue weighted by Gasteiger charge is -2.01. The average Bonchev–Trinajstić information content (AvgIpc) is 2.52. The van der Waals surface area contributed by atoms with Gasteiger partial charge in [-0.1, -0.05) is 18.3 Å². The molecule has 1 aromatic rings. The maximum absolute atomic E-state index is 11.3. The Labute approximate surface area is 86.9 Å². The van der Waals surface area contributed by atoms with Gasteiger partial charge < -0.3 is 5.32 Å². The molecule has 1 heterocycles. The molecule has 0 aliphatic carbocycles. The van der Waals surface area contributed by atoms with E-state index in [4.69, 9.17) is 0 Å². The van der Waals surface area contributed by atoms with Crippen molar-refractivity contribution in [1.29, 1.82) is 0 Å². The van der Waals surface area contributed by atoms with Crippen LogP contribution in [0.25, 0.3) is 0 Å². The first kappa shape index (κ1) is 11.1. The van der Waals surface area contributed by atoms with E-state index in [0.717, 1.165) is 18.0 Å². The van der Waals surface area contributed by atoms with E-state index in [1.165, 1.54) is 11.3 Å². The summed E-state index contributed by atoms with van der Waals surface area (Å²) in [5.41, 5.74) is 0. The monoisotopic (exact) mass is 214 g/mol. The highest BCUT2D eigenvalue weighted by atomic mass is 32.1. The van der Waals surface area contributed by atoms with Crippen molar-refractivity contribution in [2.24, 2.45) is 0 Å². The van der Waals surface area contributed by atoms with E-state index in [1.54, 1.807) is 0 Å². The quantitative estimate of drug-likeness (QED) is 0.711. The number of carbonyl (C=O) groups is 1. The topological polar surface area (TPSA) is 66.9 Å². The van der Waals surface area contributed by atoms with E-state index in [2.05, 4.69) is 27.8 Å². The van der Waals surface area contributed by atoms with Crippen LogP contribution in [0.3, 0.4) is 0 Å². The van der Waals surface area contributed by atoms with Crippen LogP contribution in [0.2, 0.25) is 0 Å². The van der Waals surface area contributed by atoms with Crippen LogP contribution in [-0.2, 0) is 4.79 Å². The second-order valence-electron chi connectivity index (χ2n) is 2.85. The van der Waals surface area contributed by atoms with Crippen LogP contribution < -0.4 is 10.6 Å². The summed E-state index contributed by atoms with van der Waals surface area (Å²) in [6.45, 7) is 5.08. The molecule has 0 fully saturated rings. The highest BCUT2D eigenvalue weighted by Gasteiger charge is 2.04. The first-order chi connectivity index (χ1) is 6.72. The number of hydrogen-bond acceptors (Lipinski definition) is 5. The number of anilines is 1. The Morgan fingerprint density at radius 2 is 2.29 bits per heavy atom. The van der Waals surface area contributed by atoms with Crippen LogP contribution >= 0.6 is 11.3 Å². The van der Waals surface area contributed by atoms with E-state index >= 15 is 0 Å². The highest BCUT2D eigenvalue weighted by Crippen LogP contribution is 2.12. The first-order valence-electron chi connectivity index (χ1n) is 4.53. The van der Waals surface area contributed by atoms with Crippen molar-refractivity contribution < 1.29 is 4.79 Å². The minimum atomic E-state index is -0.0744. The van der Waals surface area contributed by atoms with Crippen molar-refractivity contribution in [2.45, 2.75) is 20.3 Å². The Morgan fingerprint density at radius 1 is 1.50 bits per heavy atom. The van der Waals surface area contributed by atoms with E-state index in [1.807, 2.05) is 6.92 Å². The molecule has 0 unspecified atom stereocenters. The van der Waals surface area contributed by atoms with Gasteiger partial charge in [-0.25, -0.2) is 0 Å². The van der Waals surface area contributed by atoms with Crippen LogP contribution in [0.4, 0.5) is 5.13 Å². The zero-order valence-electron chi connectivity index (χ0n) is 8.33. The number of hydrogen-bond donors (Lipinski definition) is 2. The van der Waals surface area contributed by atoms with Gasteiger partial charge in [0.1, 0.15) is 5.01 Å². The van der Waals surface area contributed by atoms with Crippen LogP contribution in [0.15, 0.2) is 0 Å². The minimum absolute atomic E-state index is 0.0744. The zero-order valence-corrected chi connectivity index (χ0v) is 9.15. The lowest BCUT2D eigenvalue weighted by Crippen LogP contribution is -2.28. The average molecular weight is 214 g/mol. The minimum Gasteiger partial charge on any atom is -0.308 e. The van der Waals surface area contributed by atoms with Crippen LogP contribution in [0, 0.1) is 6.92 Å². The zero-order chi connectivity index (χ0) is 10.4. The van der Waals surface area contributed by atoms with Crippen molar-refractivity contribution in [2.75, 3.05) is 18.4 Å². The molecule has 0 aliphatic rings. The molecule has 0 radical (unpaired) electrons. The van der Waals surface area contributed by atoms with E-state index in [0.29, 0.717) is 11.7 Å². The van der Waals surface area contributed by atoms with Gasteiger partial charge in [0.2, 0.25) is 11.0 Å². The number of carbonyl (C=O) groups excluding carboxylic acids is 1. The number of nitrogens with one attached hydrogen (secondary N) is 2. The summed E-state index contributed by atoms with van der Waals surface area (Å²) in [5, 5.41) is 14.7. The first-order valence-corrected chi connectivity index (χ1v) is 5.34. The van der Waals surface area contributed by atoms with Crippen molar-refractivity contribution >= 4 is 22.4 Å². The van der Waals surface area contributed by atoms with Gasteiger partial charge in [0.25, 0.3) is 0 Å². The number of aromatic nitrogens is 2. The van der Waals surface area contributed by atoms with Gasteiger partial charge in [0.05, 0.1) is 6.54 Å². The Kier molecular flexibility index (Phi) is 4.48. The summed E-state index contributed by atoms with van der Waals surface area (Å²) in [4.78, 5) is 11.3. The molecule has 0 saturated carbocycles. The summed E-state index contributed by atoms with van der Waals surface area (Å²) in [6.07, 6.45) is 1.02. The maximum Gasteiger partial charge on any atom is 0.240 e. The third-order valence-corrected chi connectivity index (χ3v) is 2.24. The third-order valence-electron chi connectivity index (χ3n) is 1.48. The van der Waals surface area contributed by atoms with Gasteiger partial charge in [-0.15, -0.1) is 10.2 Å². The van der Waals surface area contributed by atoms with E-state index < -0.39 is 0 Å². The summed E-state index contributed by atoms with van der Waals surface area (Å²) < 4.78 is 0. The number of rotatable bonds is 5. The second-order valence-corrected chi connectivity index (χ2v) is 4.03. The van der Waals surface area contributed by atoms with Gasteiger partial charge in [0, 0.05) is 0 Å². The van der Waals surface area contributed by atoms with Crippen LogP contribution in [-0.4, -0.2) is 29.2 Å². The Hall–Kier alpha value is -1.01. The summed E-state index contributed by atoms with van der Waals surface area (Å²) in [5.74, 6) is -0.0744. The number of amides is 1. The fourth-order valence-electron chi connectivity index (χ4n) is 0.889. The number of nitrogens with zero attached hydrogens (tertiary/aromatic N) is 2. The lowest BCUT2D eigenvalue weighted by molar-refractivity contribution is -0.115. The highest BCUT2D eigenvalue weighted by molar-refractivity contribution is 7.15. The number of aryl methyl sites for hydroxylation is 1. The third kappa shape index (κ3) is 3.80. The molecule has 2 N–H and O–H groups in total.